The summed E-state index contributed by atoms with van der Waals surface area (Å²) >= 11 is 0. The average Bonchev–Trinajstić information content (AvgIpc) is 2.93. The second-order valence-corrected chi connectivity index (χ2v) is 6.03. The Morgan fingerprint density at radius 3 is 2.19 bits per heavy atom. The van der Waals surface area contributed by atoms with Gasteiger partial charge in [0.05, 0.1) is 24.3 Å². The molecule has 7 heteroatoms. The molecule has 6 nitrogen and oxygen atoms in total. The minimum Gasteiger partial charge on any atom is -0.493 e. The van der Waals surface area contributed by atoms with Gasteiger partial charge in [0, 0.05) is 6.42 Å². The van der Waals surface area contributed by atoms with Crippen LogP contribution in [0, 0.1) is 5.82 Å². The van der Waals surface area contributed by atoms with Gasteiger partial charge in [-0.3, -0.25) is 14.5 Å². The van der Waals surface area contributed by atoms with Crippen LogP contribution in [0.2, 0.25) is 0 Å². The third kappa shape index (κ3) is 3.97. The maximum absolute atomic E-state index is 12.8. The lowest BCUT2D eigenvalue weighted by Gasteiger charge is -2.20. The number of rotatable bonds is 7. The van der Waals surface area contributed by atoms with Gasteiger partial charge in [-0.15, -0.1) is 0 Å². The van der Waals surface area contributed by atoms with Crippen molar-refractivity contribution in [3.05, 3.63) is 65.5 Å². The van der Waals surface area contributed by atoms with Gasteiger partial charge in [-0.05, 0) is 43.3 Å². The zero-order valence-electron chi connectivity index (χ0n) is 14.7. The molecule has 2 aromatic carbocycles. The number of halogens is 1. The first-order chi connectivity index (χ1) is 13.0. The minimum atomic E-state index is -1.02. The van der Waals surface area contributed by atoms with Crippen molar-refractivity contribution < 1.29 is 28.2 Å². The molecule has 3 rings (SSSR count). The van der Waals surface area contributed by atoms with Gasteiger partial charge in [0.15, 0.2) is 0 Å². The summed E-state index contributed by atoms with van der Waals surface area (Å²) in [5.41, 5.74) is 0.574. The molecule has 2 amide bonds. The van der Waals surface area contributed by atoms with Crippen LogP contribution in [-0.2, 0) is 9.53 Å². The van der Waals surface area contributed by atoms with Crippen LogP contribution in [0.1, 0.15) is 34.1 Å². The molecule has 0 fully saturated rings. The molecule has 1 aliphatic rings. The summed E-state index contributed by atoms with van der Waals surface area (Å²) in [5, 5.41) is 0. The lowest BCUT2D eigenvalue weighted by molar-refractivity contribution is -0.147. The van der Waals surface area contributed by atoms with Crippen LogP contribution >= 0.6 is 0 Å². The highest BCUT2D eigenvalue weighted by molar-refractivity contribution is 6.22. The Morgan fingerprint density at radius 1 is 1.00 bits per heavy atom. The normalized spacial score (nSPS) is 14.1. The molecule has 0 bridgehead atoms. The molecule has 0 aliphatic carbocycles. The van der Waals surface area contributed by atoms with E-state index >= 15 is 0 Å². The summed E-state index contributed by atoms with van der Waals surface area (Å²) in [5.74, 6) is -1.49. The molecular formula is C20H18FNO5. The van der Waals surface area contributed by atoms with Crippen molar-refractivity contribution >= 4 is 17.8 Å². The fraction of sp³-hybridized carbons (Fsp3) is 0.250. The third-order valence-corrected chi connectivity index (χ3v) is 4.17. The molecule has 27 heavy (non-hydrogen) atoms. The summed E-state index contributed by atoms with van der Waals surface area (Å²) in [4.78, 5) is 37.8. The van der Waals surface area contributed by atoms with Gasteiger partial charge in [0.2, 0.25) is 0 Å². The molecule has 0 radical (unpaired) electrons. The van der Waals surface area contributed by atoms with Crippen molar-refractivity contribution in [3.8, 4) is 5.75 Å². The van der Waals surface area contributed by atoms with Crippen molar-refractivity contribution in [2.24, 2.45) is 0 Å². The molecule has 0 unspecified atom stereocenters. The molecule has 0 saturated heterocycles. The SMILES string of the molecule is C[C@H](C(=O)OCCCOc1ccc(F)cc1)N1C(=O)c2ccccc2C1=O. The number of amides is 2. The van der Waals surface area contributed by atoms with Crippen LogP contribution in [0.3, 0.4) is 0 Å². The topological polar surface area (TPSA) is 72.9 Å². The number of fused-ring (bicyclic) bond motifs is 1. The standard InChI is InChI=1S/C20H18FNO5/c1-13(22-18(23)16-5-2-3-6-17(16)19(22)24)20(25)27-12-4-11-26-15-9-7-14(21)8-10-15/h2-3,5-10,13H,4,11-12H2,1H3/t13-/m1/s1. The van der Waals surface area contributed by atoms with E-state index in [0.717, 1.165) is 4.90 Å². The van der Waals surface area contributed by atoms with E-state index in [2.05, 4.69) is 0 Å². The highest BCUT2D eigenvalue weighted by Gasteiger charge is 2.41. The summed E-state index contributed by atoms with van der Waals surface area (Å²) in [6.07, 6.45) is 0.415. The van der Waals surface area contributed by atoms with Crippen molar-refractivity contribution in [1.29, 1.82) is 0 Å². The zero-order valence-corrected chi connectivity index (χ0v) is 14.7. The van der Waals surface area contributed by atoms with Crippen LogP contribution in [0.25, 0.3) is 0 Å². The Balaban J connectivity index is 1.46. The zero-order chi connectivity index (χ0) is 19.4. The maximum atomic E-state index is 12.8. The van der Waals surface area contributed by atoms with E-state index in [0.29, 0.717) is 12.2 Å². The van der Waals surface area contributed by atoms with Gasteiger partial charge in [-0.25, -0.2) is 9.18 Å². The second-order valence-electron chi connectivity index (χ2n) is 6.03. The summed E-state index contributed by atoms with van der Waals surface area (Å²) in [6, 6.07) is 11.0. The van der Waals surface area contributed by atoms with Crippen LogP contribution < -0.4 is 4.74 Å². The Hall–Kier alpha value is -3.22. The second kappa shape index (κ2) is 7.99. The Labute approximate surface area is 155 Å². The van der Waals surface area contributed by atoms with Gasteiger partial charge in [0.25, 0.3) is 11.8 Å². The lowest BCUT2D eigenvalue weighted by Crippen LogP contribution is -2.43. The number of imide groups is 1. The van der Waals surface area contributed by atoms with Crippen LogP contribution in [0.5, 0.6) is 5.75 Å². The average molecular weight is 371 g/mol. The highest BCUT2D eigenvalue weighted by atomic mass is 19.1. The number of carbonyl (C=O) groups is 3. The van der Waals surface area contributed by atoms with E-state index in [9.17, 15) is 18.8 Å². The first kappa shape index (κ1) is 18.6. The Kier molecular flexibility index (Phi) is 5.49. The summed E-state index contributed by atoms with van der Waals surface area (Å²) in [7, 11) is 0. The largest absolute Gasteiger partial charge is 0.493 e. The molecule has 1 aliphatic heterocycles. The molecule has 1 heterocycles. The van der Waals surface area contributed by atoms with E-state index in [1.165, 1.54) is 31.2 Å². The van der Waals surface area contributed by atoms with Crippen molar-refractivity contribution in [2.45, 2.75) is 19.4 Å². The molecule has 2 aromatic rings. The van der Waals surface area contributed by atoms with Gasteiger partial charge < -0.3 is 9.47 Å². The number of hydrogen-bond donors (Lipinski definition) is 0. The van der Waals surface area contributed by atoms with Gasteiger partial charge in [-0.2, -0.15) is 0 Å². The number of benzene rings is 2. The summed E-state index contributed by atoms with van der Waals surface area (Å²) < 4.78 is 23.3. The summed E-state index contributed by atoms with van der Waals surface area (Å²) in [6.45, 7) is 1.81. The minimum absolute atomic E-state index is 0.0769. The smallest absolute Gasteiger partial charge is 0.329 e. The monoisotopic (exact) mass is 371 g/mol. The Morgan fingerprint density at radius 2 is 1.59 bits per heavy atom. The van der Waals surface area contributed by atoms with Gasteiger partial charge >= 0.3 is 5.97 Å². The van der Waals surface area contributed by atoms with Crippen LogP contribution in [-0.4, -0.2) is 41.9 Å². The molecule has 0 N–H and O–H groups in total. The molecule has 0 spiro atoms. The predicted octanol–water partition coefficient (Wildman–Crippen LogP) is 2.82. The van der Waals surface area contributed by atoms with Crippen LogP contribution in [0.15, 0.2) is 48.5 Å². The molecule has 1 atom stereocenters. The molecule has 0 aromatic heterocycles. The fourth-order valence-corrected chi connectivity index (χ4v) is 2.74. The number of ether oxygens (including phenoxy) is 2. The fourth-order valence-electron chi connectivity index (χ4n) is 2.74. The lowest BCUT2D eigenvalue weighted by atomic mass is 10.1. The van der Waals surface area contributed by atoms with E-state index in [1.807, 2.05) is 0 Å². The van der Waals surface area contributed by atoms with Gasteiger partial charge in [-0.1, -0.05) is 12.1 Å². The van der Waals surface area contributed by atoms with E-state index in [4.69, 9.17) is 9.47 Å². The number of hydrogen-bond acceptors (Lipinski definition) is 5. The Bertz CT molecular complexity index is 830. The molecular weight excluding hydrogens is 353 g/mol. The first-order valence-electron chi connectivity index (χ1n) is 8.51. The molecule has 0 saturated carbocycles. The highest BCUT2D eigenvalue weighted by Crippen LogP contribution is 2.24. The first-order valence-corrected chi connectivity index (χ1v) is 8.51. The van der Waals surface area contributed by atoms with Gasteiger partial charge in [0.1, 0.15) is 17.6 Å². The van der Waals surface area contributed by atoms with Crippen molar-refractivity contribution in [3.63, 3.8) is 0 Å². The van der Waals surface area contributed by atoms with E-state index < -0.39 is 23.8 Å². The van der Waals surface area contributed by atoms with Crippen molar-refractivity contribution in [2.75, 3.05) is 13.2 Å². The van der Waals surface area contributed by atoms with E-state index in [-0.39, 0.29) is 30.2 Å². The number of esters is 1. The number of nitrogens with zero attached hydrogens (tertiary/aromatic N) is 1. The van der Waals surface area contributed by atoms with E-state index in [1.54, 1.807) is 24.3 Å². The van der Waals surface area contributed by atoms with Crippen molar-refractivity contribution in [1.82, 2.24) is 4.90 Å². The number of carbonyl (C=O) groups excluding carboxylic acids is 3. The molecule has 140 valence electrons. The quantitative estimate of drug-likeness (QED) is 0.425. The maximum Gasteiger partial charge on any atom is 0.329 e. The third-order valence-electron chi connectivity index (χ3n) is 4.17. The predicted molar refractivity (Wildman–Crippen MR) is 93.9 cm³/mol. The van der Waals surface area contributed by atoms with Crippen LogP contribution in [0.4, 0.5) is 4.39 Å².